The maximum absolute atomic E-state index is 6.05. The van der Waals surface area contributed by atoms with E-state index in [4.69, 9.17) is 9.47 Å². The van der Waals surface area contributed by atoms with Crippen LogP contribution in [0.4, 0.5) is 0 Å². The van der Waals surface area contributed by atoms with Crippen molar-refractivity contribution < 1.29 is 9.47 Å². The first kappa shape index (κ1) is 14.0. The first-order valence-electron chi connectivity index (χ1n) is 6.88. The molecule has 1 saturated heterocycles. The minimum Gasteiger partial charge on any atom is -0.352 e. The van der Waals surface area contributed by atoms with Gasteiger partial charge in [0.2, 0.25) is 0 Å². The molecule has 0 N–H and O–H groups in total. The molecule has 1 heterocycles. The smallest absolute Gasteiger partial charge is 0.160 e. The zero-order chi connectivity index (χ0) is 12.1. The van der Waals surface area contributed by atoms with Gasteiger partial charge in [0.1, 0.15) is 0 Å². The summed E-state index contributed by atoms with van der Waals surface area (Å²) in [5.74, 6) is 1.84. The van der Waals surface area contributed by atoms with Crippen LogP contribution in [-0.2, 0) is 9.47 Å². The molecule has 0 spiro atoms. The molecule has 3 unspecified atom stereocenters. The van der Waals surface area contributed by atoms with E-state index in [1.165, 1.54) is 6.42 Å². The predicted molar refractivity (Wildman–Crippen MR) is 67.3 cm³/mol. The van der Waals surface area contributed by atoms with E-state index >= 15 is 0 Å². The van der Waals surface area contributed by atoms with Gasteiger partial charge >= 0.3 is 0 Å². The van der Waals surface area contributed by atoms with Crippen molar-refractivity contribution in [3.05, 3.63) is 0 Å². The van der Waals surface area contributed by atoms with E-state index in [1.54, 1.807) is 0 Å². The Balaban J connectivity index is 2.50. The molecule has 1 aliphatic rings. The lowest BCUT2D eigenvalue weighted by Crippen LogP contribution is -2.45. The van der Waals surface area contributed by atoms with Crippen molar-refractivity contribution in [2.75, 3.05) is 6.61 Å². The highest BCUT2D eigenvalue weighted by atomic mass is 16.7. The van der Waals surface area contributed by atoms with E-state index in [2.05, 4.69) is 34.6 Å². The molecule has 0 saturated carbocycles. The van der Waals surface area contributed by atoms with E-state index < -0.39 is 0 Å². The number of unbranched alkanes of at least 4 members (excludes halogenated alkanes) is 1. The van der Waals surface area contributed by atoms with Crippen LogP contribution in [0.15, 0.2) is 0 Å². The second kappa shape index (κ2) is 6.61. The van der Waals surface area contributed by atoms with Crippen molar-refractivity contribution in [2.24, 2.45) is 17.8 Å². The van der Waals surface area contributed by atoms with E-state index in [9.17, 15) is 0 Å². The number of ether oxygens (including phenoxy) is 2. The van der Waals surface area contributed by atoms with Gasteiger partial charge in [0.25, 0.3) is 0 Å². The minimum atomic E-state index is 0.0164. The van der Waals surface area contributed by atoms with Crippen LogP contribution in [-0.4, -0.2) is 19.0 Å². The van der Waals surface area contributed by atoms with E-state index in [-0.39, 0.29) is 6.29 Å². The summed E-state index contributed by atoms with van der Waals surface area (Å²) in [7, 11) is 0. The SMILES string of the molecule is CCCCO[C@H]1OC(CC)[C@H](C)C(C)C1C. The second-order valence-corrected chi connectivity index (χ2v) is 5.25. The maximum atomic E-state index is 6.05. The summed E-state index contributed by atoms with van der Waals surface area (Å²) in [6, 6.07) is 0. The highest BCUT2D eigenvalue weighted by Crippen LogP contribution is 2.36. The maximum Gasteiger partial charge on any atom is 0.160 e. The Kier molecular flexibility index (Phi) is 5.77. The Morgan fingerprint density at radius 3 is 2.25 bits per heavy atom. The predicted octanol–water partition coefficient (Wildman–Crippen LogP) is 3.85. The third-order valence-corrected chi connectivity index (χ3v) is 4.17. The first-order chi connectivity index (χ1) is 7.61. The number of rotatable bonds is 5. The fraction of sp³-hybridized carbons (Fsp3) is 1.00. The largest absolute Gasteiger partial charge is 0.352 e. The van der Waals surface area contributed by atoms with Crippen molar-refractivity contribution in [3.63, 3.8) is 0 Å². The van der Waals surface area contributed by atoms with Crippen LogP contribution in [0.3, 0.4) is 0 Å². The van der Waals surface area contributed by atoms with Gasteiger partial charge in [0.15, 0.2) is 6.29 Å². The molecule has 2 heteroatoms. The molecule has 0 aromatic carbocycles. The summed E-state index contributed by atoms with van der Waals surface area (Å²) in [6.07, 6.45) is 3.80. The second-order valence-electron chi connectivity index (χ2n) is 5.25. The van der Waals surface area contributed by atoms with Crippen LogP contribution in [0, 0.1) is 17.8 Å². The standard InChI is InChI=1S/C14H28O2/c1-6-8-9-15-14-12(5)10(3)11(4)13(7-2)16-14/h10-14H,6-9H2,1-5H3/t10?,11-,12?,13?,14+/m1/s1. The van der Waals surface area contributed by atoms with Gasteiger partial charge in [0.05, 0.1) is 6.10 Å². The molecule has 0 amide bonds. The Hall–Kier alpha value is -0.0800. The van der Waals surface area contributed by atoms with E-state index in [1.807, 2.05) is 0 Å². The Bertz CT molecular complexity index is 191. The first-order valence-corrected chi connectivity index (χ1v) is 6.88. The summed E-state index contributed by atoms with van der Waals surface area (Å²) >= 11 is 0. The van der Waals surface area contributed by atoms with Crippen LogP contribution < -0.4 is 0 Å². The lowest BCUT2D eigenvalue weighted by atomic mass is 9.78. The van der Waals surface area contributed by atoms with Crippen molar-refractivity contribution in [1.82, 2.24) is 0 Å². The minimum absolute atomic E-state index is 0.0164. The fourth-order valence-electron chi connectivity index (χ4n) is 2.49. The van der Waals surface area contributed by atoms with Crippen molar-refractivity contribution in [3.8, 4) is 0 Å². The number of hydrogen-bond donors (Lipinski definition) is 0. The quantitative estimate of drug-likeness (QED) is 0.665. The van der Waals surface area contributed by atoms with Crippen molar-refractivity contribution in [2.45, 2.75) is 66.3 Å². The lowest BCUT2D eigenvalue weighted by molar-refractivity contribution is -0.248. The van der Waals surface area contributed by atoms with Gasteiger partial charge in [-0.05, 0) is 24.7 Å². The third kappa shape index (κ3) is 3.21. The molecular formula is C14H28O2. The highest BCUT2D eigenvalue weighted by molar-refractivity contribution is 4.82. The lowest BCUT2D eigenvalue weighted by Gasteiger charge is -2.43. The Morgan fingerprint density at radius 1 is 1.00 bits per heavy atom. The Morgan fingerprint density at radius 2 is 1.69 bits per heavy atom. The highest BCUT2D eigenvalue weighted by Gasteiger charge is 2.38. The van der Waals surface area contributed by atoms with Gasteiger partial charge in [-0.25, -0.2) is 0 Å². The molecule has 0 bridgehead atoms. The normalized spacial score (nSPS) is 39.9. The Labute approximate surface area is 101 Å². The summed E-state index contributed by atoms with van der Waals surface area (Å²) in [5, 5.41) is 0. The van der Waals surface area contributed by atoms with Gasteiger partial charge in [0, 0.05) is 12.5 Å². The van der Waals surface area contributed by atoms with Crippen LogP contribution in [0.25, 0.3) is 0 Å². The zero-order valence-electron chi connectivity index (χ0n) is 11.5. The average molecular weight is 228 g/mol. The van der Waals surface area contributed by atoms with Crippen LogP contribution in [0.1, 0.15) is 53.9 Å². The van der Waals surface area contributed by atoms with Crippen LogP contribution in [0.5, 0.6) is 0 Å². The monoisotopic (exact) mass is 228 g/mol. The fourth-order valence-corrected chi connectivity index (χ4v) is 2.49. The van der Waals surface area contributed by atoms with Gasteiger partial charge in [-0.3, -0.25) is 0 Å². The summed E-state index contributed by atoms with van der Waals surface area (Å²) in [4.78, 5) is 0. The van der Waals surface area contributed by atoms with Gasteiger partial charge in [-0.15, -0.1) is 0 Å². The summed E-state index contributed by atoms with van der Waals surface area (Å²) in [6.45, 7) is 12.1. The zero-order valence-corrected chi connectivity index (χ0v) is 11.5. The molecule has 0 aromatic heterocycles. The van der Waals surface area contributed by atoms with Crippen molar-refractivity contribution in [1.29, 1.82) is 0 Å². The van der Waals surface area contributed by atoms with Gasteiger partial charge < -0.3 is 9.47 Å². The molecule has 1 aliphatic heterocycles. The van der Waals surface area contributed by atoms with Gasteiger partial charge in [-0.1, -0.05) is 41.0 Å². The molecule has 1 fully saturated rings. The molecule has 0 radical (unpaired) electrons. The topological polar surface area (TPSA) is 18.5 Å². The molecule has 5 atom stereocenters. The molecular weight excluding hydrogens is 200 g/mol. The molecule has 2 nitrogen and oxygen atoms in total. The molecule has 0 aromatic rings. The molecule has 96 valence electrons. The third-order valence-electron chi connectivity index (χ3n) is 4.17. The van der Waals surface area contributed by atoms with Crippen molar-refractivity contribution >= 4 is 0 Å². The van der Waals surface area contributed by atoms with Crippen LogP contribution in [0.2, 0.25) is 0 Å². The summed E-state index contributed by atoms with van der Waals surface area (Å²) < 4.78 is 11.9. The molecule has 0 aliphatic carbocycles. The van der Waals surface area contributed by atoms with Gasteiger partial charge in [-0.2, -0.15) is 0 Å². The van der Waals surface area contributed by atoms with E-state index in [0.29, 0.717) is 23.9 Å². The average Bonchev–Trinajstić information content (AvgIpc) is 2.29. The summed E-state index contributed by atoms with van der Waals surface area (Å²) in [5.41, 5.74) is 0. The molecule has 16 heavy (non-hydrogen) atoms. The number of hydrogen-bond acceptors (Lipinski definition) is 2. The van der Waals surface area contributed by atoms with E-state index in [0.717, 1.165) is 19.4 Å². The molecule has 1 rings (SSSR count). The van der Waals surface area contributed by atoms with Crippen LogP contribution >= 0.6 is 0 Å².